The van der Waals surface area contributed by atoms with Gasteiger partial charge in [-0.05, 0) is 20.4 Å². The van der Waals surface area contributed by atoms with Gasteiger partial charge in [0, 0.05) is 26.2 Å². The normalized spacial score (nSPS) is 16.7. The zero-order valence-corrected chi connectivity index (χ0v) is 15.8. The molecule has 0 radical (unpaired) electrons. The number of aromatic nitrogens is 2. The molecule has 1 unspecified atom stereocenters. The number of ether oxygens (including phenoxy) is 1. The average Bonchev–Trinajstić information content (AvgIpc) is 3.01. The van der Waals surface area contributed by atoms with Crippen LogP contribution < -0.4 is 5.32 Å². The van der Waals surface area contributed by atoms with Gasteiger partial charge in [0.1, 0.15) is 0 Å². The fourth-order valence-corrected chi connectivity index (χ4v) is 4.27. The quantitative estimate of drug-likeness (QED) is 0.600. The number of anilines is 1. The maximum atomic E-state index is 12.5. The minimum absolute atomic E-state index is 0.117. The van der Waals surface area contributed by atoms with Crippen molar-refractivity contribution in [2.45, 2.75) is 30.4 Å². The third-order valence-corrected chi connectivity index (χ3v) is 5.66. The van der Waals surface area contributed by atoms with Gasteiger partial charge in [-0.1, -0.05) is 30.0 Å². The smallest absolute Gasteiger partial charge is 0.413 e. The highest BCUT2D eigenvalue weighted by atomic mass is 32.2. The van der Waals surface area contributed by atoms with E-state index < -0.39 is 6.09 Å². The maximum Gasteiger partial charge on any atom is 0.413 e. The molecule has 1 atom stereocenters. The van der Waals surface area contributed by atoms with Crippen LogP contribution in [0.1, 0.15) is 20.8 Å². The first-order valence-corrected chi connectivity index (χ1v) is 9.68. The Morgan fingerprint density at radius 2 is 2.00 bits per heavy atom. The molecule has 2 amide bonds. The fourth-order valence-electron chi connectivity index (χ4n) is 2.31. The lowest BCUT2D eigenvalue weighted by atomic mass is 10.3. The van der Waals surface area contributed by atoms with E-state index in [0.717, 1.165) is 32.7 Å². The third-order valence-electron chi connectivity index (χ3n) is 3.65. The van der Waals surface area contributed by atoms with Crippen molar-refractivity contribution in [3.63, 3.8) is 0 Å². The van der Waals surface area contributed by atoms with E-state index in [9.17, 15) is 9.59 Å². The number of amides is 2. The molecule has 0 spiro atoms. The van der Waals surface area contributed by atoms with Crippen molar-refractivity contribution in [1.82, 2.24) is 20.0 Å². The molecule has 134 valence electrons. The van der Waals surface area contributed by atoms with E-state index in [1.807, 2.05) is 11.8 Å². The van der Waals surface area contributed by atoms with E-state index in [-0.39, 0.29) is 11.2 Å². The first-order chi connectivity index (χ1) is 11.5. The number of likely N-dealkylation sites (N-methyl/N-ethyl adjacent to an activating group) is 1. The summed E-state index contributed by atoms with van der Waals surface area (Å²) in [5.74, 6) is 0.117. The summed E-state index contributed by atoms with van der Waals surface area (Å²) in [5.41, 5.74) is 0. The minimum atomic E-state index is -0.553. The zero-order chi connectivity index (χ0) is 17.5. The molecular formula is C14H23N5O3S2. The number of hydrogen-bond donors (Lipinski definition) is 1. The van der Waals surface area contributed by atoms with Crippen LogP contribution >= 0.6 is 23.1 Å². The lowest BCUT2D eigenvalue weighted by Gasteiger charge is -2.35. The first kappa shape index (κ1) is 18.9. The molecule has 10 heteroatoms. The molecule has 0 aromatic carbocycles. The van der Waals surface area contributed by atoms with Gasteiger partial charge in [-0.15, -0.1) is 10.2 Å². The summed E-state index contributed by atoms with van der Waals surface area (Å²) in [7, 11) is 0. The molecule has 2 rings (SSSR count). The predicted molar refractivity (Wildman–Crippen MR) is 94.6 cm³/mol. The summed E-state index contributed by atoms with van der Waals surface area (Å²) < 4.78 is 5.44. The molecule has 0 saturated carbocycles. The van der Waals surface area contributed by atoms with Crippen LogP contribution in [-0.4, -0.2) is 76.6 Å². The van der Waals surface area contributed by atoms with Gasteiger partial charge in [-0.2, -0.15) is 0 Å². The van der Waals surface area contributed by atoms with E-state index in [0.29, 0.717) is 16.1 Å². The van der Waals surface area contributed by atoms with Crippen molar-refractivity contribution in [2.24, 2.45) is 0 Å². The van der Waals surface area contributed by atoms with Crippen molar-refractivity contribution in [2.75, 3.05) is 44.6 Å². The summed E-state index contributed by atoms with van der Waals surface area (Å²) >= 11 is 2.59. The molecule has 1 fully saturated rings. The highest BCUT2D eigenvalue weighted by Gasteiger charge is 2.26. The summed E-state index contributed by atoms with van der Waals surface area (Å²) in [4.78, 5) is 28.1. The Morgan fingerprint density at radius 3 is 2.62 bits per heavy atom. The summed E-state index contributed by atoms with van der Waals surface area (Å²) in [6.07, 6.45) is -0.553. The standard InChI is InChI=1S/C14H23N5O3S2/c1-4-18-6-8-19(9-7-18)11(20)10(3)23-14-17-16-12(24-14)15-13(21)22-5-2/h10H,4-9H2,1-3H3,(H,15,16,21). The van der Waals surface area contributed by atoms with Crippen molar-refractivity contribution < 1.29 is 14.3 Å². The molecule has 1 aliphatic rings. The Hall–Kier alpha value is -1.39. The molecule has 0 aliphatic carbocycles. The molecule has 8 nitrogen and oxygen atoms in total. The zero-order valence-electron chi connectivity index (χ0n) is 14.2. The Morgan fingerprint density at radius 1 is 1.29 bits per heavy atom. The minimum Gasteiger partial charge on any atom is -0.450 e. The summed E-state index contributed by atoms with van der Waals surface area (Å²) in [6.45, 7) is 10.4. The maximum absolute atomic E-state index is 12.5. The topological polar surface area (TPSA) is 87.7 Å². The molecule has 2 heterocycles. The first-order valence-electron chi connectivity index (χ1n) is 7.98. The van der Waals surface area contributed by atoms with Gasteiger partial charge in [-0.25, -0.2) is 4.79 Å². The van der Waals surface area contributed by atoms with Crippen molar-refractivity contribution in [3.8, 4) is 0 Å². The molecule has 0 bridgehead atoms. The highest BCUT2D eigenvalue weighted by molar-refractivity contribution is 8.02. The Labute approximate surface area is 149 Å². The molecule has 1 N–H and O–H groups in total. The van der Waals surface area contributed by atoms with Gasteiger partial charge in [0.2, 0.25) is 11.0 Å². The summed E-state index contributed by atoms with van der Waals surface area (Å²) in [5, 5.41) is 10.5. The van der Waals surface area contributed by atoms with Gasteiger partial charge < -0.3 is 14.5 Å². The van der Waals surface area contributed by atoms with Crippen LogP contribution in [0.15, 0.2) is 4.34 Å². The Bertz CT molecular complexity index is 560. The molecule has 1 aromatic rings. The van der Waals surface area contributed by atoms with Gasteiger partial charge in [0.05, 0.1) is 11.9 Å². The van der Waals surface area contributed by atoms with Crippen LogP contribution in [0.5, 0.6) is 0 Å². The van der Waals surface area contributed by atoms with E-state index in [1.54, 1.807) is 6.92 Å². The highest BCUT2D eigenvalue weighted by Crippen LogP contribution is 2.29. The van der Waals surface area contributed by atoms with Crippen LogP contribution in [0, 0.1) is 0 Å². The number of thioether (sulfide) groups is 1. The Kier molecular flexibility index (Phi) is 7.25. The van der Waals surface area contributed by atoms with Crippen molar-refractivity contribution in [1.29, 1.82) is 0 Å². The third kappa shape index (κ3) is 5.32. The van der Waals surface area contributed by atoms with Crippen LogP contribution in [0.4, 0.5) is 9.93 Å². The average molecular weight is 374 g/mol. The number of carbonyl (C=O) groups excluding carboxylic acids is 2. The molecular weight excluding hydrogens is 350 g/mol. The van der Waals surface area contributed by atoms with Gasteiger partial charge in [0.25, 0.3) is 0 Å². The second-order valence-electron chi connectivity index (χ2n) is 5.24. The van der Waals surface area contributed by atoms with Gasteiger partial charge >= 0.3 is 6.09 Å². The van der Waals surface area contributed by atoms with E-state index >= 15 is 0 Å². The summed E-state index contributed by atoms with van der Waals surface area (Å²) in [6, 6.07) is 0. The largest absolute Gasteiger partial charge is 0.450 e. The van der Waals surface area contributed by atoms with Gasteiger partial charge in [-0.3, -0.25) is 10.1 Å². The van der Waals surface area contributed by atoms with E-state index in [2.05, 4.69) is 27.3 Å². The van der Waals surface area contributed by atoms with Crippen molar-refractivity contribution in [3.05, 3.63) is 0 Å². The molecule has 24 heavy (non-hydrogen) atoms. The van der Waals surface area contributed by atoms with E-state index in [4.69, 9.17) is 4.74 Å². The lowest BCUT2D eigenvalue weighted by molar-refractivity contribution is -0.132. The van der Waals surface area contributed by atoms with Crippen LogP contribution in [0.3, 0.4) is 0 Å². The second-order valence-corrected chi connectivity index (χ2v) is 7.80. The van der Waals surface area contributed by atoms with Gasteiger partial charge in [0.15, 0.2) is 4.34 Å². The van der Waals surface area contributed by atoms with Crippen LogP contribution in [-0.2, 0) is 9.53 Å². The number of nitrogens with one attached hydrogen (secondary N) is 1. The molecule has 1 saturated heterocycles. The number of nitrogens with zero attached hydrogens (tertiary/aromatic N) is 4. The molecule has 1 aromatic heterocycles. The predicted octanol–water partition coefficient (Wildman–Crippen LogP) is 1.75. The fraction of sp³-hybridized carbons (Fsp3) is 0.714. The monoisotopic (exact) mass is 373 g/mol. The second kappa shape index (κ2) is 9.19. The lowest BCUT2D eigenvalue weighted by Crippen LogP contribution is -2.50. The Balaban J connectivity index is 1.83. The number of piperazine rings is 1. The number of carbonyl (C=O) groups is 2. The van der Waals surface area contributed by atoms with Crippen LogP contribution in [0.2, 0.25) is 0 Å². The number of hydrogen-bond acceptors (Lipinski definition) is 8. The van der Waals surface area contributed by atoms with Crippen LogP contribution in [0.25, 0.3) is 0 Å². The number of rotatable bonds is 6. The SMILES string of the molecule is CCOC(=O)Nc1nnc(SC(C)C(=O)N2CCN(CC)CC2)s1. The van der Waals surface area contributed by atoms with E-state index in [1.165, 1.54) is 23.1 Å². The van der Waals surface area contributed by atoms with Crippen molar-refractivity contribution >= 4 is 40.2 Å². The molecule has 1 aliphatic heterocycles.